The molecule has 1 aliphatic heterocycles. The first-order valence-corrected chi connectivity index (χ1v) is 3.03. The molecule has 10 heavy (non-hydrogen) atoms. The van der Waals surface area contributed by atoms with Crippen LogP contribution in [-0.4, -0.2) is 23.6 Å². The summed E-state index contributed by atoms with van der Waals surface area (Å²) >= 11 is 0. The van der Waals surface area contributed by atoms with Crippen molar-refractivity contribution in [1.82, 2.24) is 0 Å². The molecule has 0 spiro atoms. The van der Waals surface area contributed by atoms with Crippen molar-refractivity contribution >= 4 is 12.3 Å². The predicted molar refractivity (Wildman–Crippen MR) is 35.6 cm³/mol. The maximum Gasteiger partial charge on any atom is 0.472 e. The van der Waals surface area contributed by atoms with Crippen LogP contribution in [0.5, 0.6) is 0 Å². The van der Waals surface area contributed by atoms with Crippen LogP contribution in [0.1, 0.15) is 6.42 Å². The standard InChI is InChI=1S/C6H8N2O2/c7-6(9)10-8-4-2-1-3-5-8/h1-2,4H,3,5H2,(H-,7,9)/p+1. The van der Waals surface area contributed by atoms with E-state index in [1.165, 1.54) is 4.74 Å². The number of hydrogen-bond donors (Lipinski definition) is 1. The van der Waals surface area contributed by atoms with Gasteiger partial charge in [-0.05, 0) is 4.74 Å². The van der Waals surface area contributed by atoms with Crippen LogP contribution in [0.25, 0.3) is 0 Å². The molecule has 54 valence electrons. The zero-order chi connectivity index (χ0) is 7.40. The van der Waals surface area contributed by atoms with Crippen molar-refractivity contribution < 1.29 is 14.4 Å². The number of hydroxylamine groups is 1. The molecular weight excluding hydrogens is 132 g/mol. The van der Waals surface area contributed by atoms with Crippen LogP contribution < -0.4 is 5.73 Å². The SMILES string of the molecule is NC(=O)O[N+]1=CC=CCC1. The van der Waals surface area contributed by atoms with Gasteiger partial charge in [0, 0.05) is 12.5 Å². The maximum atomic E-state index is 10.2. The highest BCUT2D eigenvalue weighted by Gasteiger charge is 2.09. The van der Waals surface area contributed by atoms with Gasteiger partial charge in [-0.2, -0.15) is 4.84 Å². The average Bonchev–Trinajstić information content (AvgIpc) is 1.88. The van der Waals surface area contributed by atoms with Gasteiger partial charge in [-0.3, -0.25) is 0 Å². The van der Waals surface area contributed by atoms with Gasteiger partial charge in [0.05, 0.1) is 0 Å². The van der Waals surface area contributed by atoms with Crippen LogP contribution in [0.3, 0.4) is 0 Å². The molecule has 0 saturated carbocycles. The van der Waals surface area contributed by atoms with E-state index in [1.54, 1.807) is 6.21 Å². The highest BCUT2D eigenvalue weighted by Crippen LogP contribution is 1.91. The Morgan fingerprint density at radius 3 is 3.00 bits per heavy atom. The molecule has 0 unspecified atom stereocenters. The summed E-state index contributed by atoms with van der Waals surface area (Å²) in [6.45, 7) is 0.680. The number of carbonyl (C=O) groups excluding carboxylic acids is 1. The van der Waals surface area contributed by atoms with E-state index in [0.29, 0.717) is 6.54 Å². The zero-order valence-electron chi connectivity index (χ0n) is 5.49. The summed E-state index contributed by atoms with van der Waals surface area (Å²) in [5, 5.41) is 0. The van der Waals surface area contributed by atoms with Crippen molar-refractivity contribution in [2.75, 3.05) is 6.54 Å². The van der Waals surface area contributed by atoms with Crippen LogP contribution in [0, 0.1) is 0 Å². The molecule has 0 atom stereocenters. The molecular formula is C6H9N2O2+. The third-order valence-electron chi connectivity index (χ3n) is 1.11. The van der Waals surface area contributed by atoms with Gasteiger partial charge in [-0.1, -0.05) is 6.08 Å². The molecule has 1 aliphatic rings. The fraction of sp³-hybridized carbons (Fsp3) is 0.333. The average molecular weight is 141 g/mol. The predicted octanol–water partition coefficient (Wildman–Crippen LogP) is 0.0399. The third-order valence-corrected chi connectivity index (χ3v) is 1.11. The van der Waals surface area contributed by atoms with Crippen LogP contribution >= 0.6 is 0 Å². The van der Waals surface area contributed by atoms with Crippen molar-refractivity contribution in [2.24, 2.45) is 5.73 Å². The van der Waals surface area contributed by atoms with Gasteiger partial charge < -0.3 is 5.73 Å². The lowest BCUT2D eigenvalue weighted by atomic mass is 10.3. The highest BCUT2D eigenvalue weighted by molar-refractivity contribution is 5.68. The van der Waals surface area contributed by atoms with Crippen LogP contribution in [0.15, 0.2) is 12.2 Å². The molecule has 0 aromatic carbocycles. The second kappa shape index (κ2) is 3.00. The van der Waals surface area contributed by atoms with E-state index < -0.39 is 6.09 Å². The lowest BCUT2D eigenvalue weighted by Crippen LogP contribution is -2.24. The van der Waals surface area contributed by atoms with Gasteiger partial charge in [-0.15, -0.1) is 0 Å². The quantitative estimate of drug-likeness (QED) is 0.414. The number of nitrogens with zero attached hydrogens (tertiary/aromatic N) is 1. The maximum absolute atomic E-state index is 10.2. The first-order valence-electron chi connectivity index (χ1n) is 3.03. The molecule has 0 bridgehead atoms. The molecule has 1 amide bonds. The molecule has 0 saturated heterocycles. The minimum absolute atomic E-state index is 0.680. The minimum Gasteiger partial charge on any atom is -0.330 e. The first kappa shape index (κ1) is 6.80. The Labute approximate surface area is 58.5 Å². The van der Waals surface area contributed by atoms with Crippen molar-refractivity contribution in [2.45, 2.75) is 6.42 Å². The molecule has 2 N–H and O–H groups in total. The molecule has 4 heteroatoms. The second-order valence-electron chi connectivity index (χ2n) is 1.92. The largest absolute Gasteiger partial charge is 0.472 e. The fourth-order valence-corrected chi connectivity index (χ4v) is 0.721. The monoisotopic (exact) mass is 141 g/mol. The lowest BCUT2D eigenvalue weighted by Gasteiger charge is -1.98. The Morgan fingerprint density at radius 2 is 2.50 bits per heavy atom. The smallest absolute Gasteiger partial charge is 0.330 e. The number of primary amides is 1. The van der Waals surface area contributed by atoms with Crippen molar-refractivity contribution in [1.29, 1.82) is 0 Å². The van der Waals surface area contributed by atoms with E-state index in [-0.39, 0.29) is 0 Å². The Hall–Kier alpha value is -1.32. The van der Waals surface area contributed by atoms with E-state index in [4.69, 9.17) is 5.73 Å². The van der Waals surface area contributed by atoms with Gasteiger partial charge >= 0.3 is 6.09 Å². The van der Waals surface area contributed by atoms with Crippen LogP contribution in [0.4, 0.5) is 4.79 Å². The number of amides is 1. The van der Waals surface area contributed by atoms with Gasteiger partial charge in [0.25, 0.3) is 0 Å². The van der Waals surface area contributed by atoms with Crippen LogP contribution in [-0.2, 0) is 4.84 Å². The summed E-state index contributed by atoms with van der Waals surface area (Å²) in [7, 11) is 0. The molecule has 0 fully saturated rings. The summed E-state index contributed by atoms with van der Waals surface area (Å²) in [5.74, 6) is 0. The summed E-state index contributed by atoms with van der Waals surface area (Å²) in [4.78, 5) is 14.7. The molecule has 0 aromatic heterocycles. The molecule has 1 heterocycles. The third kappa shape index (κ3) is 1.89. The Kier molecular flexibility index (Phi) is 2.04. The Balaban J connectivity index is 2.47. The summed E-state index contributed by atoms with van der Waals surface area (Å²) < 4.78 is 1.41. The fourth-order valence-electron chi connectivity index (χ4n) is 0.721. The molecule has 1 rings (SSSR count). The number of hydrogen-bond acceptors (Lipinski definition) is 2. The van der Waals surface area contributed by atoms with Gasteiger partial charge in [0.2, 0.25) is 6.21 Å². The zero-order valence-corrected chi connectivity index (χ0v) is 5.49. The minimum atomic E-state index is -0.772. The number of rotatable bonds is 1. The Bertz CT molecular complexity index is 196. The van der Waals surface area contributed by atoms with Gasteiger partial charge in [0.15, 0.2) is 6.54 Å². The number of carbonyl (C=O) groups is 1. The lowest BCUT2D eigenvalue weighted by molar-refractivity contribution is -0.755. The molecule has 4 nitrogen and oxygen atoms in total. The normalized spacial score (nSPS) is 16.2. The van der Waals surface area contributed by atoms with E-state index in [2.05, 4.69) is 4.84 Å². The van der Waals surface area contributed by atoms with Crippen molar-refractivity contribution in [3.63, 3.8) is 0 Å². The highest BCUT2D eigenvalue weighted by atomic mass is 16.7. The Morgan fingerprint density at radius 1 is 1.70 bits per heavy atom. The van der Waals surface area contributed by atoms with E-state index in [1.807, 2.05) is 12.2 Å². The van der Waals surface area contributed by atoms with Gasteiger partial charge in [-0.25, -0.2) is 4.79 Å². The van der Waals surface area contributed by atoms with Crippen molar-refractivity contribution in [3.8, 4) is 0 Å². The van der Waals surface area contributed by atoms with Crippen LogP contribution in [0.2, 0.25) is 0 Å². The summed E-state index contributed by atoms with van der Waals surface area (Å²) in [5.41, 5.74) is 4.78. The number of nitrogens with two attached hydrogens (primary N) is 1. The molecule has 0 aromatic rings. The van der Waals surface area contributed by atoms with Gasteiger partial charge in [0.1, 0.15) is 0 Å². The van der Waals surface area contributed by atoms with Crippen molar-refractivity contribution in [3.05, 3.63) is 12.2 Å². The number of allylic oxidation sites excluding steroid dienone is 1. The summed E-state index contributed by atoms with van der Waals surface area (Å²) in [6, 6.07) is 0. The van der Waals surface area contributed by atoms with E-state index in [9.17, 15) is 4.79 Å². The second-order valence-corrected chi connectivity index (χ2v) is 1.92. The molecule has 0 aliphatic carbocycles. The van der Waals surface area contributed by atoms with E-state index in [0.717, 1.165) is 6.42 Å². The summed E-state index contributed by atoms with van der Waals surface area (Å²) in [6.07, 6.45) is 5.57. The first-order chi connectivity index (χ1) is 4.79. The molecule has 0 radical (unpaired) electrons. The van der Waals surface area contributed by atoms with E-state index >= 15 is 0 Å². The topological polar surface area (TPSA) is 55.3 Å².